The molecule has 1 aliphatic rings. The van der Waals surface area contributed by atoms with Gasteiger partial charge in [0.2, 0.25) is 0 Å². The molecule has 0 aliphatic carbocycles. The van der Waals surface area contributed by atoms with E-state index in [-0.39, 0.29) is 12.2 Å². The normalized spacial score (nSPS) is 24.2. The molecule has 0 bridgehead atoms. The summed E-state index contributed by atoms with van der Waals surface area (Å²) in [7, 11) is 0. The maximum absolute atomic E-state index is 5.94. The fourth-order valence-electron chi connectivity index (χ4n) is 1.91. The minimum atomic E-state index is 0.122. The van der Waals surface area contributed by atoms with E-state index >= 15 is 0 Å². The average molecular weight is 290 g/mol. The lowest BCUT2D eigenvalue weighted by Gasteiger charge is -2.28. The van der Waals surface area contributed by atoms with Gasteiger partial charge in [-0.3, -0.25) is 0 Å². The van der Waals surface area contributed by atoms with Gasteiger partial charge in [0.1, 0.15) is 0 Å². The third-order valence-corrected chi connectivity index (χ3v) is 3.52. The third kappa shape index (κ3) is 4.11. The maximum atomic E-state index is 5.94. The van der Waals surface area contributed by atoms with E-state index in [0.29, 0.717) is 23.3 Å². The van der Waals surface area contributed by atoms with Gasteiger partial charge < -0.3 is 14.8 Å². The summed E-state index contributed by atoms with van der Waals surface area (Å²) in [4.78, 5) is 0. The zero-order valence-electron chi connectivity index (χ0n) is 10.3. The topological polar surface area (TPSA) is 30.5 Å². The van der Waals surface area contributed by atoms with Crippen LogP contribution in [0.25, 0.3) is 0 Å². The lowest BCUT2D eigenvalue weighted by molar-refractivity contribution is -0.0716. The van der Waals surface area contributed by atoms with Crippen molar-refractivity contribution in [1.29, 1.82) is 0 Å². The van der Waals surface area contributed by atoms with Gasteiger partial charge in [0.05, 0.1) is 35.5 Å². The molecular weight excluding hydrogens is 273 g/mol. The third-order valence-electron chi connectivity index (χ3n) is 2.79. The van der Waals surface area contributed by atoms with E-state index in [4.69, 9.17) is 32.7 Å². The molecule has 0 amide bonds. The second-order valence-electron chi connectivity index (χ2n) is 4.49. The smallest absolute Gasteiger partial charge is 0.0936 e. The van der Waals surface area contributed by atoms with Crippen molar-refractivity contribution in [2.75, 3.05) is 19.7 Å². The van der Waals surface area contributed by atoms with Crippen LogP contribution in [-0.2, 0) is 16.1 Å². The van der Waals surface area contributed by atoms with Crippen LogP contribution in [0.3, 0.4) is 0 Å². The number of hydrogen-bond donors (Lipinski definition) is 1. The van der Waals surface area contributed by atoms with Crippen LogP contribution in [-0.4, -0.2) is 31.9 Å². The summed E-state index contributed by atoms with van der Waals surface area (Å²) < 4.78 is 11.4. The van der Waals surface area contributed by atoms with Gasteiger partial charge in [-0.1, -0.05) is 29.3 Å². The highest BCUT2D eigenvalue weighted by Gasteiger charge is 2.18. The van der Waals surface area contributed by atoms with Gasteiger partial charge in [-0.05, 0) is 24.6 Å². The summed E-state index contributed by atoms with van der Waals surface area (Å²) >= 11 is 11.8. The Hall–Kier alpha value is -0.320. The first kappa shape index (κ1) is 14.1. The van der Waals surface area contributed by atoms with Crippen LogP contribution in [0.2, 0.25) is 10.0 Å². The lowest BCUT2D eigenvalue weighted by Crippen LogP contribution is -2.45. The van der Waals surface area contributed by atoms with Crippen molar-refractivity contribution in [2.45, 2.75) is 25.7 Å². The Balaban J connectivity index is 1.76. The second kappa shape index (κ2) is 6.73. The largest absolute Gasteiger partial charge is 0.374 e. The molecule has 2 atom stereocenters. The highest BCUT2D eigenvalue weighted by atomic mass is 35.5. The summed E-state index contributed by atoms with van der Waals surface area (Å²) in [6.07, 6.45) is 0.369. The van der Waals surface area contributed by atoms with Crippen LogP contribution in [0.15, 0.2) is 18.2 Å². The Morgan fingerprint density at radius 3 is 2.89 bits per heavy atom. The van der Waals surface area contributed by atoms with E-state index < -0.39 is 0 Å². The van der Waals surface area contributed by atoms with E-state index in [1.165, 1.54) is 0 Å². The van der Waals surface area contributed by atoms with Crippen LogP contribution in [0.4, 0.5) is 0 Å². The molecule has 1 N–H and O–H groups in total. The molecule has 5 heteroatoms. The fraction of sp³-hybridized carbons (Fsp3) is 0.538. The Morgan fingerprint density at radius 2 is 2.17 bits per heavy atom. The number of hydrogen-bond acceptors (Lipinski definition) is 3. The van der Waals surface area contributed by atoms with Gasteiger partial charge >= 0.3 is 0 Å². The minimum absolute atomic E-state index is 0.122. The van der Waals surface area contributed by atoms with Crippen LogP contribution < -0.4 is 5.32 Å². The summed E-state index contributed by atoms with van der Waals surface area (Å²) in [6.45, 7) is 4.90. The molecule has 2 unspecified atom stereocenters. The Kier molecular flexibility index (Phi) is 5.27. The Bertz CT molecular complexity index is 401. The summed E-state index contributed by atoms with van der Waals surface area (Å²) in [5, 5.41) is 4.43. The SMILES string of the molecule is CC1CNCC(COCc2ccc(Cl)c(Cl)c2)O1. The minimum Gasteiger partial charge on any atom is -0.374 e. The molecule has 100 valence electrons. The molecule has 1 aromatic rings. The molecule has 0 radical (unpaired) electrons. The zero-order chi connectivity index (χ0) is 13.0. The van der Waals surface area contributed by atoms with Crippen molar-refractivity contribution >= 4 is 23.2 Å². The molecule has 0 aromatic heterocycles. The summed E-state index contributed by atoms with van der Waals surface area (Å²) in [6, 6.07) is 5.52. The molecule has 1 saturated heterocycles. The highest BCUT2D eigenvalue weighted by Crippen LogP contribution is 2.22. The fourth-order valence-corrected chi connectivity index (χ4v) is 2.23. The molecular formula is C13H17Cl2NO2. The lowest BCUT2D eigenvalue weighted by atomic mass is 10.2. The van der Waals surface area contributed by atoms with Crippen LogP contribution >= 0.6 is 23.2 Å². The standard InChI is InChI=1S/C13H17Cl2NO2/c1-9-5-16-6-11(18-9)8-17-7-10-2-3-12(14)13(15)4-10/h2-4,9,11,16H,5-8H2,1H3. The predicted molar refractivity (Wildman–Crippen MR) is 73.3 cm³/mol. The van der Waals surface area contributed by atoms with Gasteiger partial charge in [-0.2, -0.15) is 0 Å². The van der Waals surface area contributed by atoms with E-state index in [1.807, 2.05) is 12.1 Å². The van der Waals surface area contributed by atoms with E-state index in [0.717, 1.165) is 18.7 Å². The first-order valence-corrected chi connectivity index (χ1v) is 6.78. The zero-order valence-corrected chi connectivity index (χ0v) is 11.8. The van der Waals surface area contributed by atoms with Gasteiger partial charge in [-0.15, -0.1) is 0 Å². The molecule has 1 aliphatic heterocycles. The molecule has 3 nitrogen and oxygen atoms in total. The number of morpholine rings is 1. The van der Waals surface area contributed by atoms with Crippen LogP contribution in [0, 0.1) is 0 Å². The maximum Gasteiger partial charge on any atom is 0.0936 e. The number of halogens is 2. The molecule has 0 saturated carbocycles. The van der Waals surface area contributed by atoms with Crippen molar-refractivity contribution in [3.63, 3.8) is 0 Å². The second-order valence-corrected chi connectivity index (χ2v) is 5.30. The van der Waals surface area contributed by atoms with Crippen molar-refractivity contribution < 1.29 is 9.47 Å². The molecule has 0 spiro atoms. The first-order chi connectivity index (χ1) is 8.65. The summed E-state index contributed by atoms with van der Waals surface area (Å²) in [5.41, 5.74) is 1.02. The van der Waals surface area contributed by atoms with E-state index in [1.54, 1.807) is 6.07 Å². The molecule has 18 heavy (non-hydrogen) atoms. The van der Waals surface area contributed by atoms with E-state index in [9.17, 15) is 0 Å². The predicted octanol–water partition coefficient (Wildman–Crippen LogP) is 2.89. The molecule has 2 rings (SSSR count). The highest BCUT2D eigenvalue weighted by molar-refractivity contribution is 6.41. The van der Waals surface area contributed by atoms with Gasteiger partial charge in [0, 0.05) is 13.1 Å². The monoisotopic (exact) mass is 289 g/mol. The van der Waals surface area contributed by atoms with Crippen molar-refractivity contribution in [1.82, 2.24) is 5.32 Å². The molecule has 1 aromatic carbocycles. The molecule has 1 fully saturated rings. The van der Waals surface area contributed by atoms with Gasteiger partial charge in [0.15, 0.2) is 0 Å². The Labute approximate surface area is 117 Å². The Morgan fingerprint density at radius 1 is 1.33 bits per heavy atom. The first-order valence-electron chi connectivity index (χ1n) is 6.03. The van der Waals surface area contributed by atoms with E-state index in [2.05, 4.69) is 12.2 Å². The van der Waals surface area contributed by atoms with Crippen LogP contribution in [0.1, 0.15) is 12.5 Å². The number of ether oxygens (including phenoxy) is 2. The van der Waals surface area contributed by atoms with Crippen molar-refractivity contribution in [3.05, 3.63) is 33.8 Å². The van der Waals surface area contributed by atoms with Crippen LogP contribution in [0.5, 0.6) is 0 Å². The number of rotatable bonds is 4. The summed E-state index contributed by atoms with van der Waals surface area (Å²) in [5.74, 6) is 0. The number of benzene rings is 1. The molecule has 1 heterocycles. The van der Waals surface area contributed by atoms with Crippen molar-refractivity contribution in [3.8, 4) is 0 Å². The quantitative estimate of drug-likeness (QED) is 0.925. The number of nitrogens with one attached hydrogen (secondary N) is 1. The average Bonchev–Trinajstić information content (AvgIpc) is 2.34. The van der Waals surface area contributed by atoms with Gasteiger partial charge in [-0.25, -0.2) is 0 Å². The van der Waals surface area contributed by atoms with Crippen molar-refractivity contribution in [2.24, 2.45) is 0 Å². The van der Waals surface area contributed by atoms with Gasteiger partial charge in [0.25, 0.3) is 0 Å².